The Morgan fingerprint density at radius 1 is 0.742 bits per heavy atom. The Morgan fingerprint density at radius 2 is 1.61 bits per heavy atom. The van der Waals surface area contributed by atoms with Crippen molar-refractivity contribution in [1.29, 1.82) is 0 Å². The highest BCUT2D eigenvalue weighted by atomic mass is 15.1. The van der Waals surface area contributed by atoms with Crippen molar-refractivity contribution in [2.75, 3.05) is 5.32 Å². The van der Waals surface area contributed by atoms with Gasteiger partial charge < -0.3 is 5.32 Å². The number of rotatable bonds is 5. The number of hydrogen-bond donors (Lipinski definition) is 1. The number of fused-ring (bicyclic) bond motifs is 1. The zero-order valence-electron chi connectivity index (χ0n) is 17.0. The van der Waals surface area contributed by atoms with Crippen LogP contribution >= 0.6 is 0 Å². The van der Waals surface area contributed by atoms with E-state index in [1.807, 2.05) is 49.5 Å². The zero-order chi connectivity index (χ0) is 21.0. The topological polar surface area (TPSA) is 76.5 Å². The van der Waals surface area contributed by atoms with Gasteiger partial charge in [-0.15, -0.1) is 0 Å². The molecule has 0 amide bonds. The van der Waals surface area contributed by atoms with Gasteiger partial charge in [-0.2, -0.15) is 4.98 Å². The van der Waals surface area contributed by atoms with E-state index in [1.54, 1.807) is 6.20 Å². The number of benzene rings is 2. The van der Waals surface area contributed by atoms with Gasteiger partial charge in [-0.1, -0.05) is 30.3 Å². The second-order valence-electron chi connectivity index (χ2n) is 7.28. The second kappa shape index (κ2) is 8.28. The molecule has 0 saturated carbocycles. The molecule has 0 aliphatic carbocycles. The minimum Gasteiger partial charge on any atom is -0.350 e. The fourth-order valence-corrected chi connectivity index (χ4v) is 3.46. The van der Waals surface area contributed by atoms with Gasteiger partial charge in [0.05, 0.1) is 5.52 Å². The zero-order valence-corrected chi connectivity index (χ0v) is 17.0. The first-order valence-electron chi connectivity index (χ1n) is 10.0. The lowest BCUT2D eigenvalue weighted by atomic mass is 10.0. The van der Waals surface area contributed by atoms with Crippen LogP contribution < -0.4 is 5.32 Å². The number of nitrogens with zero attached hydrogens (tertiary/aromatic N) is 5. The lowest BCUT2D eigenvalue weighted by molar-refractivity contribution is 1.01. The first-order chi connectivity index (χ1) is 15.2. The fourth-order valence-electron chi connectivity index (χ4n) is 3.46. The molecule has 0 aliphatic rings. The Labute approximate surface area is 180 Å². The normalized spacial score (nSPS) is 10.9. The van der Waals surface area contributed by atoms with Gasteiger partial charge in [0.25, 0.3) is 0 Å². The molecule has 1 N–H and O–H groups in total. The first kappa shape index (κ1) is 18.8. The van der Waals surface area contributed by atoms with Crippen molar-refractivity contribution in [1.82, 2.24) is 24.9 Å². The first-order valence-corrected chi connectivity index (χ1v) is 10.0. The monoisotopic (exact) mass is 404 g/mol. The van der Waals surface area contributed by atoms with E-state index in [4.69, 9.17) is 0 Å². The van der Waals surface area contributed by atoms with Gasteiger partial charge in [0.1, 0.15) is 6.33 Å². The van der Waals surface area contributed by atoms with Gasteiger partial charge in [0.15, 0.2) is 5.82 Å². The second-order valence-corrected chi connectivity index (χ2v) is 7.28. The molecule has 3 aromatic heterocycles. The predicted molar refractivity (Wildman–Crippen MR) is 122 cm³/mol. The minimum absolute atomic E-state index is 0.546. The molecule has 0 unspecified atom stereocenters. The molecule has 150 valence electrons. The SMILES string of the molecule is Cc1cc(-c2ccc(CNc3ncnc(-c4ccc5ncccc5c4)n3)cc2)ccn1. The molecule has 0 spiro atoms. The third-order valence-electron chi connectivity index (χ3n) is 5.07. The van der Waals surface area contributed by atoms with Crippen molar-refractivity contribution in [2.24, 2.45) is 0 Å². The molecule has 2 aromatic carbocycles. The average Bonchev–Trinajstić information content (AvgIpc) is 2.83. The number of pyridine rings is 2. The van der Waals surface area contributed by atoms with E-state index >= 15 is 0 Å². The van der Waals surface area contributed by atoms with E-state index < -0.39 is 0 Å². The van der Waals surface area contributed by atoms with Crippen LogP contribution in [0, 0.1) is 6.92 Å². The van der Waals surface area contributed by atoms with E-state index in [2.05, 4.69) is 60.6 Å². The minimum atomic E-state index is 0.546. The number of aryl methyl sites for hydroxylation is 1. The summed E-state index contributed by atoms with van der Waals surface area (Å²) in [4.78, 5) is 21.8. The Morgan fingerprint density at radius 3 is 2.48 bits per heavy atom. The Hall–Kier alpha value is -4.19. The maximum atomic E-state index is 4.58. The molecule has 0 aliphatic heterocycles. The van der Waals surface area contributed by atoms with Crippen LogP contribution in [-0.2, 0) is 6.54 Å². The third-order valence-corrected chi connectivity index (χ3v) is 5.07. The van der Waals surface area contributed by atoms with Crippen LogP contribution in [0.2, 0.25) is 0 Å². The Balaban J connectivity index is 1.30. The third kappa shape index (κ3) is 4.23. The van der Waals surface area contributed by atoms with Crippen molar-refractivity contribution < 1.29 is 0 Å². The summed E-state index contributed by atoms with van der Waals surface area (Å²) in [5.74, 6) is 1.18. The summed E-state index contributed by atoms with van der Waals surface area (Å²) in [6.45, 7) is 2.63. The van der Waals surface area contributed by atoms with E-state index in [0.29, 0.717) is 18.3 Å². The van der Waals surface area contributed by atoms with Crippen LogP contribution in [0.5, 0.6) is 0 Å². The van der Waals surface area contributed by atoms with Crippen LogP contribution in [-0.4, -0.2) is 24.9 Å². The van der Waals surface area contributed by atoms with Crippen molar-refractivity contribution in [3.8, 4) is 22.5 Å². The fraction of sp³-hybridized carbons (Fsp3) is 0.0800. The Kier molecular flexibility index (Phi) is 5.02. The Bertz CT molecular complexity index is 1350. The molecule has 5 aromatic rings. The lowest BCUT2D eigenvalue weighted by Crippen LogP contribution is -2.05. The lowest BCUT2D eigenvalue weighted by Gasteiger charge is -2.08. The molecule has 6 heteroatoms. The van der Waals surface area contributed by atoms with Gasteiger partial charge in [-0.3, -0.25) is 9.97 Å². The summed E-state index contributed by atoms with van der Waals surface area (Å²) < 4.78 is 0. The quantitative estimate of drug-likeness (QED) is 0.441. The number of nitrogens with one attached hydrogen (secondary N) is 1. The molecule has 31 heavy (non-hydrogen) atoms. The van der Waals surface area contributed by atoms with E-state index in [-0.39, 0.29) is 0 Å². The summed E-state index contributed by atoms with van der Waals surface area (Å²) in [6.07, 6.45) is 5.16. The number of anilines is 1. The van der Waals surface area contributed by atoms with Gasteiger partial charge in [0.2, 0.25) is 5.95 Å². The summed E-state index contributed by atoms with van der Waals surface area (Å²) in [7, 11) is 0. The maximum Gasteiger partial charge on any atom is 0.226 e. The van der Waals surface area contributed by atoms with Crippen molar-refractivity contribution in [2.45, 2.75) is 13.5 Å². The van der Waals surface area contributed by atoms with Gasteiger partial charge in [0, 0.05) is 35.6 Å². The van der Waals surface area contributed by atoms with E-state index in [9.17, 15) is 0 Å². The highest BCUT2D eigenvalue weighted by Gasteiger charge is 2.06. The molecule has 5 rings (SSSR count). The maximum absolute atomic E-state index is 4.58. The van der Waals surface area contributed by atoms with Gasteiger partial charge >= 0.3 is 0 Å². The highest BCUT2D eigenvalue weighted by Crippen LogP contribution is 2.22. The smallest absolute Gasteiger partial charge is 0.226 e. The van der Waals surface area contributed by atoms with Crippen LogP contribution in [0.3, 0.4) is 0 Å². The van der Waals surface area contributed by atoms with Crippen molar-refractivity contribution >= 4 is 16.9 Å². The molecule has 0 radical (unpaired) electrons. The van der Waals surface area contributed by atoms with Crippen molar-refractivity contribution in [3.05, 3.63) is 96.7 Å². The van der Waals surface area contributed by atoms with E-state index in [0.717, 1.165) is 27.7 Å². The molecular formula is C25H20N6. The van der Waals surface area contributed by atoms with Crippen molar-refractivity contribution in [3.63, 3.8) is 0 Å². The molecular weight excluding hydrogens is 384 g/mol. The molecule has 3 heterocycles. The summed E-state index contributed by atoms with van der Waals surface area (Å²) >= 11 is 0. The molecule has 0 fully saturated rings. The summed E-state index contributed by atoms with van der Waals surface area (Å²) in [5.41, 5.74) is 6.37. The standard InChI is InChI=1S/C25H20N6/c1-17-13-20(10-12-26-17)19-6-4-18(5-7-19)15-28-25-30-16-29-24(31-25)22-8-9-23-21(14-22)3-2-11-27-23/h2-14,16H,15H2,1H3,(H,28,29,30,31). The van der Waals surface area contributed by atoms with Gasteiger partial charge in [-0.25, -0.2) is 9.97 Å². The molecule has 0 bridgehead atoms. The number of hydrogen-bond acceptors (Lipinski definition) is 6. The predicted octanol–water partition coefficient (Wildman–Crippen LogP) is 5.07. The van der Waals surface area contributed by atoms with Crippen LogP contribution in [0.1, 0.15) is 11.3 Å². The highest BCUT2D eigenvalue weighted by molar-refractivity contribution is 5.83. The van der Waals surface area contributed by atoms with E-state index in [1.165, 1.54) is 17.5 Å². The van der Waals surface area contributed by atoms with Crippen LogP contribution in [0.25, 0.3) is 33.4 Å². The molecule has 0 saturated heterocycles. The summed E-state index contributed by atoms with van der Waals surface area (Å²) in [6, 6.07) is 22.5. The van der Waals surface area contributed by atoms with Gasteiger partial charge in [-0.05, 0) is 60.0 Å². The molecule has 6 nitrogen and oxygen atoms in total. The van der Waals surface area contributed by atoms with Crippen LogP contribution in [0.15, 0.2) is 85.5 Å². The molecule has 0 atom stereocenters. The average molecular weight is 404 g/mol. The summed E-state index contributed by atoms with van der Waals surface area (Å²) in [5, 5.41) is 4.35. The largest absolute Gasteiger partial charge is 0.350 e. The number of aromatic nitrogens is 5. The van der Waals surface area contributed by atoms with Crippen LogP contribution in [0.4, 0.5) is 5.95 Å².